The Morgan fingerprint density at radius 2 is 1.73 bits per heavy atom. The molecular weight excluding hydrogens is 364 g/mol. The van der Waals surface area contributed by atoms with E-state index in [1.807, 2.05) is 0 Å². The van der Waals surface area contributed by atoms with Gasteiger partial charge in [0, 0.05) is 0 Å². The number of aliphatic hydroxyl groups excluding tert-OH is 1. The van der Waals surface area contributed by atoms with Crippen LogP contribution in [0, 0.1) is 51.8 Å². The first-order valence-corrected chi connectivity index (χ1v) is 13.3. The van der Waals surface area contributed by atoms with E-state index < -0.39 is 0 Å². The summed E-state index contributed by atoms with van der Waals surface area (Å²) in [5.74, 6) is 5.26. The van der Waals surface area contributed by atoms with E-state index in [-0.39, 0.29) is 6.10 Å². The van der Waals surface area contributed by atoms with Crippen LogP contribution in [0.15, 0.2) is 11.6 Å². The molecule has 0 heterocycles. The summed E-state index contributed by atoms with van der Waals surface area (Å²) in [6.07, 6.45) is 15.6. The summed E-state index contributed by atoms with van der Waals surface area (Å²) in [5, 5.41) is 10.3. The van der Waals surface area contributed by atoms with Crippen LogP contribution in [0.5, 0.6) is 0 Å². The molecular formula is C29H50O. The zero-order valence-corrected chi connectivity index (χ0v) is 21.1. The van der Waals surface area contributed by atoms with Gasteiger partial charge in [0.05, 0.1) is 6.10 Å². The van der Waals surface area contributed by atoms with Gasteiger partial charge in [-0.2, -0.15) is 0 Å². The van der Waals surface area contributed by atoms with Crippen LogP contribution in [0.3, 0.4) is 0 Å². The van der Waals surface area contributed by atoms with Crippen molar-refractivity contribution in [1.29, 1.82) is 0 Å². The van der Waals surface area contributed by atoms with Gasteiger partial charge in [-0.1, -0.05) is 60.1 Å². The van der Waals surface area contributed by atoms with E-state index in [4.69, 9.17) is 0 Å². The molecule has 0 unspecified atom stereocenters. The lowest BCUT2D eigenvalue weighted by molar-refractivity contribution is -0.0593. The van der Waals surface area contributed by atoms with Crippen molar-refractivity contribution in [3.8, 4) is 0 Å². The van der Waals surface area contributed by atoms with Crippen molar-refractivity contribution in [1.82, 2.24) is 0 Å². The molecule has 0 aromatic carbocycles. The smallest absolute Gasteiger partial charge is 0.0577 e. The number of hydrogen-bond acceptors (Lipinski definition) is 1. The SMILES string of the molecule is CC(C)CC(C)(C)C[C@@H](C)[C@@H]1CC[C@H]2[C@@H]3CC=C4C[C@@H](O)CC[C@]4(C)[C@H]3CC[C@@]21C. The average Bonchev–Trinajstić information content (AvgIpc) is 2.98. The number of hydrogen-bond donors (Lipinski definition) is 1. The summed E-state index contributed by atoms with van der Waals surface area (Å²) in [5.41, 5.74) is 3.03. The maximum Gasteiger partial charge on any atom is 0.0577 e. The Morgan fingerprint density at radius 1 is 1.00 bits per heavy atom. The Balaban J connectivity index is 1.51. The summed E-state index contributed by atoms with van der Waals surface area (Å²) in [6, 6.07) is 0. The molecule has 8 atom stereocenters. The van der Waals surface area contributed by atoms with E-state index in [1.165, 1.54) is 51.4 Å². The Kier molecular flexibility index (Phi) is 6.05. The van der Waals surface area contributed by atoms with Gasteiger partial charge in [-0.05, 0) is 116 Å². The van der Waals surface area contributed by atoms with Crippen LogP contribution in [-0.2, 0) is 0 Å². The Morgan fingerprint density at radius 3 is 2.43 bits per heavy atom. The van der Waals surface area contributed by atoms with Crippen molar-refractivity contribution in [2.75, 3.05) is 0 Å². The van der Waals surface area contributed by atoms with Crippen LogP contribution in [-0.4, -0.2) is 11.2 Å². The van der Waals surface area contributed by atoms with E-state index in [0.717, 1.165) is 48.3 Å². The standard InChI is InChI=1S/C29H50O/c1-19(2)17-27(4,5)18-20(3)24-10-11-25-23-9-8-21-16-22(30)12-14-28(21,6)26(23)13-15-29(24,25)7/h8,19-20,22-26,30H,9-18H2,1-7H3/t20-,22+,23+,24+,25+,26+,28+,29-/m1/s1. The summed E-state index contributed by atoms with van der Waals surface area (Å²) in [7, 11) is 0. The molecule has 0 bridgehead atoms. The molecule has 4 aliphatic rings. The van der Waals surface area contributed by atoms with Crippen LogP contribution in [0.2, 0.25) is 0 Å². The summed E-state index contributed by atoms with van der Waals surface area (Å²) >= 11 is 0. The molecule has 4 aliphatic carbocycles. The van der Waals surface area contributed by atoms with Gasteiger partial charge < -0.3 is 5.11 Å². The molecule has 3 fully saturated rings. The molecule has 4 rings (SSSR count). The molecule has 1 heteroatoms. The third-order valence-corrected chi connectivity index (χ3v) is 10.7. The highest BCUT2D eigenvalue weighted by Crippen LogP contribution is 2.67. The first kappa shape index (κ1) is 22.9. The molecule has 0 aliphatic heterocycles. The lowest BCUT2D eigenvalue weighted by atomic mass is 9.47. The normalized spacial score (nSPS) is 44.8. The number of aliphatic hydroxyl groups is 1. The van der Waals surface area contributed by atoms with Crippen molar-refractivity contribution < 1.29 is 5.11 Å². The maximum absolute atomic E-state index is 10.3. The fourth-order valence-corrected chi connectivity index (χ4v) is 9.82. The zero-order valence-electron chi connectivity index (χ0n) is 21.1. The minimum Gasteiger partial charge on any atom is -0.393 e. The quantitative estimate of drug-likeness (QED) is 0.451. The van der Waals surface area contributed by atoms with Gasteiger partial charge in [-0.3, -0.25) is 0 Å². The van der Waals surface area contributed by atoms with E-state index >= 15 is 0 Å². The molecule has 1 N–H and O–H groups in total. The van der Waals surface area contributed by atoms with E-state index in [1.54, 1.807) is 5.57 Å². The lowest BCUT2D eigenvalue weighted by Crippen LogP contribution is -2.51. The first-order valence-electron chi connectivity index (χ1n) is 13.3. The molecule has 172 valence electrons. The van der Waals surface area contributed by atoms with Crippen molar-refractivity contribution in [3.05, 3.63) is 11.6 Å². The Hall–Kier alpha value is -0.300. The highest BCUT2D eigenvalue weighted by Gasteiger charge is 2.59. The second-order valence-electron chi connectivity index (χ2n) is 13.8. The van der Waals surface area contributed by atoms with Gasteiger partial charge >= 0.3 is 0 Å². The minimum atomic E-state index is -0.0827. The van der Waals surface area contributed by atoms with Crippen molar-refractivity contribution in [2.24, 2.45) is 51.8 Å². The summed E-state index contributed by atoms with van der Waals surface area (Å²) in [4.78, 5) is 0. The second-order valence-corrected chi connectivity index (χ2v) is 13.8. The van der Waals surface area contributed by atoms with Crippen LogP contribution < -0.4 is 0 Å². The summed E-state index contributed by atoms with van der Waals surface area (Å²) < 4.78 is 0. The van der Waals surface area contributed by atoms with E-state index in [2.05, 4.69) is 54.5 Å². The van der Waals surface area contributed by atoms with Crippen molar-refractivity contribution >= 4 is 0 Å². The predicted octanol–water partition coefficient (Wildman–Crippen LogP) is 8.02. The van der Waals surface area contributed by atoms with Crippen LogP contribution in [0.1, 0.15) is 113 Å². The third kappa shape index (κ3) is 3.84. The largest absolute Gasteiger partial charge is 0.393 e. The maximum atomic E-state index is 10.3. The molecule has 0 saturated heterocycles. The van der Waals surface area contributed by atoms with E-state index in [0.29, 0.717) is 16.2 Å². The minimum absolute atomic E-state index is 0.0827. The monoisotopic (exact) mass is 414 g/mol. The van der Waals surface area contributed by atoms with Gasteiger partial charge in [0.1, 0.15) is 0 Å². The highest BCUT2D eigenvalue weighted by atomic mass is 16.3. The molecule has 1 nitrogen and oxygen atoms in total. The molecule has 0 radical (unpaired) electrons. The molecule has 3 saturated carbocycles. The van der Waals surface area contributed by atoms with Gasteiger partial charge in [0.2, 0.25) is 0 Å². The van der Waals surface area contributed by atoms with Crippen LogP contribution in [0.4, 0.5) is 0 Å². The van der Waals surface area contributed by atoms with Gasteiger partial charge in [0.15, 0.2) is 0 Å². The first-order chi connectivity index (χ1) is 14.0. The van der Waals surface area contributed by atoms with Crippen molar-refractivity contribution in [2.45, 2.75) is 119 Å². The number of rotatable bonds is 5. The highest BCUT2D eigenvalue weighted by molar-refractivity contribution is 5.25. The number of allylic oxidation sites excluding steroid dienone is 1. The number of fused-ring (bicyclic) bond motifs is 5. The Labute approximate surface area is 187 Å². The third-order valence-electron chi connectivity index (χ3n) is 10.7. The molecule has 0 spiro atoms. The molecule has 0 aromatic rings. The Bertz CT molecular complexity index is 659. The van der Waals surface area contributed by atoms with Gasteiger partial charge in [0.25, 0.3) is 0 Å². The average molecular weight is 415 g/mol. The summed E-state index contributed by atoms with van der Waals surface area (Å²) in [6.45, 7) is 17.7. The zero-order chi connectivity index (χ0) is 21.9. The molecule has 0 amide bonds. The van der Waals surface area contributed by atoms with Crippen LogP contribution in [0.25, 0.3) is 0 Å². The van der Waals surface area contributed by atoms with Crippen LogP contribution >= 0.6 is 0 Å². The predicted molar refractivity (Wildman–Crippen MR) is 128 cm³/mol. The van der Waals surface area contributed by atoms with Crippen molar-refractivity contribution in [3.63, 3.8) is 0 Å². The fraction of sp³-hybridized carbons (Fsp3) is 0.931. The van der Waals surface area contributed by atoms with Gasteiger partial charge in [-0.25, -0.2) is 0 Å². The molecule has 0 aromatic heterocycles. The topological polar surface area (TPSA) is 20.2 Å². The second kappa shape index (κ2) is 7.93. The fourth-order valence-electron chi connectivity index (χ4n) is 9.82. The molecule has 30 heavy (non-hydrogen) atoms. The van der Waals surface area contributed by atoms with Gasteiger partial charge in [-0.15, -0.1) is 0 Å². The van der Waals surface area contributed by atoms with E-state index in [9.17, 15) is 5.11 Å². The lowest BCUT2D eigenvalue weighted by Gasteiger charge is -2.58.